The number of aryl methyl sites for hydroxylation is 1. The molecule has 0 saturated heterocycles. The van der Waals surface area contributed by atoms with Gasteiger partial charge in [-0.05, 0) is 54.4 Å². The van der Waals surface area contributed by atoms with Crippen molar-refractivity contribution in [3.8, 4) is 11.5 Å². The van der Waals surface area contributed by atoms with Gasteiger partial charge in [0.15, 0.2) is 16.3 Å². The van der Waals surface area contributed by atoms with Crippen molar-refractivity contribution in [2.24, 2.45) is 0 Å². The van der Waals surface area contributed by atoms with E-state index in [0.29, 0.717) is 18.0 Å². The van der Waals surface area contributed by atoms with Crippen molar-refractivity contribution < 1.29 is 9.47 Å². The number of rotatable bonds is 7. The van der Waals surface area contributed by atoms with Gasteiger partial charge in [-0.25, -0.2) is 4.68 Å². The number of hydrogen-bond donors (Lipinski definition) is 0. The third kappa shape index (κ3) is 4.03. The third-order valence-corrected chi connectivity index (χ3v) is 6.25. The Labute approximate surface area is 188 Å². The fraction of sp³-hybridized carbons (Fsp3) is 0.333. The molecule has 0 fully saturated rings. The molecule has 31 heavy (non-hydrogen) atoms. The summed E-state index contributed by atoms with van der Waals surface area (Å²) in [7, 11) is 3.36. The summed E-state index contributed by atoms with van der Waals surface area (Å²) in [6.07, 6.45) is 2.76. The van der Waals surface area contributed by atoms with E-state index < -0.39 is 0 Å². The molecule has 0 spiro atoms. The maximum atomic E-state index is 5.70. The summed E-state index contributed by atoms with van der Waals surface area (Å²) in [5, 5.41) is 4.71. The van der Waals surface area contributed by atoms with E-state index in [1.807, 2.05) is 28.3 Å². The van der Waals surface area contributed by atoms with Crippen LogP contribution in [0.15, 0.2) is 55.1 Å². The molecule has 6 nitrogen and oxygen atoms in total. The molecule has 0 saturated carbocycles. The van der Waals surface area contributed by atoms with E-state index in [-0.39, 0.29) is 6.04 Å². The lowest BCUT2D eigenvalue weighted by Crippen LogP contribution is -2.37. The molecule has 0 aliphatic carbocycles. The molecule has 1 unspecified atom stereocenters. The van der Waals surface area contributed by atoms with E-state index in [9.17, 15) is 0 Å². The van der Waals surface area contributed by atoms with Gasteiger partial charge >= 0.3 is 0 Å². The highest BCUT2D eigenvalue weighted by Crippen LogP contribution is 2.41. The molecule has 4 rings (SSSR count). The van der Waals surface area contributed by atoms with Gasteiger partial charge in [-0.3, -0.25) is 4.90 Å². The first kappa shape index (κ1) is 21.3. The lowest BCUT2D eigenvalue weighted by atomic mass is 9.88. The topological polar surface area (TPSA) is 44.5 Å². The van der Waals surface area contributed by atoms with Crippen LogP contribution in [0, 0.1) is 11.7 Å². The minimum Gasteiger partial charge on any atom is -0.493 e. The molecule has 1 aliphatic rings. The highest BCUT2D eigenvalue weighted by Gasteiger charge is 2.31. The van der Waals surface area contributed by atoms with Gasteiger partial charge in [-0.15, -0.1) is 6.58 Å². The number of nitrogens with zero attached hydrogens (tertiary/aromatic N) is 4. The van der Waals surface area contributed by atoms with Crippen LogP contribution in [0.2, 0.25) is 0 Å². The zero-order valence-electron chi connectivity index (χ0n) is 18.2. The first-order chi connectivity index (χ1) is 15.1. The minimum absolute atomic E-state index is 0.0662. The van der Waals surface area contributed by atoms with Gasteiger partial charge in [0.05, 0.1) is 26.9 Å². The number of ether oxygens (including phenoxy) is 2. The summed E-state index contributed by atoms with van der Waals surface area (Å²) in [6.45, 7) is 7.97. The molecule has 0 N–H and O–H groups in total. The van der Waals surface area contributed by atoms with Gasteiger partial charge < -0.3 is 14.0 Å². The molecule has 2 aromatic carbocycles. The zero-order valence-corrected chi connectivity index (χ0v) is 19.1. The molecule has 0 bridgehead atoms. The van der Waals surface area contributed by atoms with Gasteiger partial charge in [0.25, 0.3) is 0 Å². The SMILES string of the molecule is C=CCn1c(C)nn(CN2CCc3cc(OC)c(OC)cc3C2c2ccccc2)c1=S. The van der Waals surface area contributed by atoms with Crippen LogP contribution in [0.25, 0.3) is 0 Å². The second-order valence-corrected chi connectivity index (χ2v) is 8.02. The predicted octanol–water partition coefficient (Wildman–Crippen LogP) is 4.53. The Morgan fingerprint density at radius 2 is 1.87 bits per heavy atom. The fourth-order valence-corrected chi connectivity index (χ4v) is 4.63. The molecule has 1 aromatic heterocycles. The smallest absolute Gasteiger partial charge is 0.199 e. The normalized spacial score (nSPS) is 16.0. The van der Waals surface area contributed by atoms with Gasteiger partial charge in [-0.2, -0.15) is 5.10 Å². The number of methoxy groups -OCH3 is 2. The Bertz CT molecular complexity index is 1140. The number of benzene rings is 2. The van der Waals surface area contributed by atoms with Crippen LogP contribution in [0.4, 0.5) is 0 Å². The Hall–Kier alpha value is -2.90. The highest BCUT2D eigenvalue weighted by molar-refractivity contribution is 7.71. The molecule has 0 radical (unpaired) electrons. The number of allylic oxidation sites excluding steroid dienone is 1. The summed E-state index contributed by atoms with van der Waals surface area (Å²) < 4.78 is 15.8. The lowest BCUT2D eigenvalue weighted by molar-refractivity contribution is 0.154. The van der Waals surface area contributed by atoms with Crippen LogP contribution in [0.3, 0.4) is 0 Å². The third-order valence-electron chi connectivity index (χ3n) is 5.82. The Kier molecular flexibility index (Phi) is 6.25. The zero-order chi connectivity index (χ0) is 22.0. The molecule has 7 heteroatoms. The van der Waals surface area contributed by atoms with Crippen LogP contribution in [-0.4, -0.2) is 40.0 Å². The average molecular weight is 437 g/mol. The van der Waals surface area contributed by atoms with Crippen molar-refractivity contribution >= 4 is 12.2 Å². The molecule has 1 aliphatic heterocycles. The molecule has 0 amide bonds. The van der Waals surface area contributed by atoms with E-state index in [2.05, 4.69) is 47.9 Å². The molecule has 3 aromatic rings. The Morgan fingerprint density at radius 3 is 2.55 bits per heavy atom. The maximum absolute atomic E-state index is 5.70. The summed E-state index contributed by atoms with van der Waals surface area (Å²) >= 11 is 5.70. The molecule has 162 valence electrons. The van der Waals surface area contributed by atoms with Crippen molar-refractivity contribution in [3.05, 3.63) is 82.4 Å². The van der Waals surface area contributed by atoms with E-state index >= 15 is 0 Å². The van der Waals surface area contributed by atoms with Gasteiger partial charge in [0, 0.05) is 13.1 Å². The monoisotopic (exact) mass is 436 g/mol. The van der Waals surface area contributed by atoms with Crippen molar-refractivity contribution in [1.29, 1.82) is 0 Å². The maximum Gasteiger partial charge on any atom is 0.199 e. The van der Waals surface area contributed by atoms with E-state index in [1.54, 1.807) is 14.2 Å². The van der Waals surface area contributed by atoms with Crippen molar-refractivity contribution in [2.75, 3.05) is 20.8 Å². The summed E-state index contributed by atoms with van der Waals surface area (Å²) in [4.78, 5) is 2.42. The van der Waals surface area contributed by atoms with Crippen LogP contribution in [0.5, 0.6) is 11.5 Å². The largest absolute Gasteiger partial charge is 0.493 e. The summed E-state index contributed by atoms with van der Waals surface area (Å²) in [6, 6.07) is 14.8. The van der Waals surface area contributed by atoms with E-state index in [0.717, 1.165) is 30.3 Å². The second kappa shape index (κ2) is 9.08. The van der Waals surface area contributed by atoms with Gasteiger partial charge in [0.1, 0.15) is 5.82 Å². The number of aromatic nitrogens is 3. The van der Waals surface area contributed by atoms with E-state index in [4.69, 9.17) is 26.8 Å². The summed E-state index contributed by atoms with van der Waals surface area (Å²) in [5.41, 5.74) is 3.73. The fourth-order valence-electron chi connectivity index (χ4n) is 4.33. The second-order valence-electron chi connectivity index (χ2n) is 7.65. The number of fused-ring (bicyclic) bond motifs is 1. The van der Waals surface area contributed by atoms with E-state index in [1.165, 1.54) is 16.7 Å². The number of hydrogen-bond acceptors (Lipinski definition) is 5. The van der Waals surface area contributed by atoms with Crippen LogP contribution >= 0.6 is 12.2 Å². The van der Waals surface area contributed by atoms with Crippen molar-refractivity contribution in [2.45, 2.75) is 32.6 Å². The highest BCUT2D eigenvalue weighted by atomic mass is 32.1. The van der Waals surface area contributed by atoms with Crippen molar-refractivity contribution in [1.82, 2.24) is 19.2 Å². The quantitative estimate of drug-likeness (QED) is 0.402. The molecule has 1 atom stereocenters. The Balaban J connectivity index is 1.78. The first-order valence-corrected chi connectivity index (χ1v) is 10.8. The van der Waals surface area contributed by atoms with Crippen LogP contribution in [0.1, 0.15) is 28.6 Å². The molecule has 2 heterocycles. The average Bonchev–Trinajstić information content (AvgIpc) is 3.06. The molecular weight excluding hydrogens is 408 g/mol. The Morgan fingerprint density at radius 1 is 1.16 bits per heavy atom. The summed E-state index contributed by atoms with van der Waals surface area (Å²) in [5.74, 6) is 2.40. The first-order valence-electron chi connectivity index (χ1n) is 10.4. The lowest BCUT2D eigenvalue weighted by Gasteiger charge is -2.37. The predicted molar refractivity (Wildman–Crippen MR) is 124 cm³/mol. The van der Waals surface area contributed by atoms with Crippen LogP contribution < -0.4 is 9.47 Å². The van der Waals surface area contributed by atoms with Gasteiger partial charge in [0.2, 0.25) is 0 Å². The van der Waals surface area contributed by atoms with Gasteiger partial charge in [-0.1, -0.05) is 36.4 Å². The van der Waals surface area contributed by atoms with Crippen molar-refractivity contribution in [3.63, 3.8) is 0 Å². The van der Waals surface area contributed by atoms with Crippen LogP contribution in [-0.2, 0) is 19.6 Å². The standard InChI is InChI=1S/C24H28N4O2S/c1-5-12-27-17(2)25-28(24(27)31)16-26-13-11-19-14-21(29-3)22(30-4)15-20(19)23(26)18-9-7-6-8-10-18/h5-10,14-15,23H,1,11-13,16H2,2-4H3. The minimum atomic E-state index is 0.0662. The molecular formula is C24H28N4O2S.